The van der Waals surface area contributed by atoms with Crippen LogP contribution in [0.4, 0.5) is 0 Å². The number of amides is 1. The van der Waals surface area contributed by atoms with E-state index < -0.39 is 28.0 Å². The highest BCUT2D eigenvalue weighted by molar-refractivity contribution is 7.85. The first-order chi connectivity index (χ1) is 17.8. The number of hydrogen-bond acceptors (Lipinski definition) is 4. The Morgan fingerprint density at radius 2 is 1.22 bits per heavy atom. The SMILES string of the molecule is CCCCCC/C=C\C/C=C\CCCCCCCC(=O)NC(CS(=O)(=O)O)C(O)/C=C/CCCCCC. The van der Waals surface area contributed by atoms with E-state index in [4.69, 9.17) is 0 Å². The van der Waals surface area contributed by atoms with Gasteiger partial charge in [0.15, 0.2) is 0 Å². The van der Waals surface area contributed by atoms with E-state index in [1.165, 1.54) is 38.2 Å². The lowest BCUT2D eigenvalue weighted by Gasteiger charge is -2.21. The number of carbonyl (C=O) groups excluding carboxylic acids is 1. The van der Waals surface area contributed by atoms with Crippen molar-refractivity contribution in [2.45, 2.75) is 142 Å². The molecule has 0 aliphatic rings. The van der Waals surface area contributed by atoms with Crippen LogP contribution in [0.2, 0.25) is 0 Å². The molecule has 37 heavy (non-hydrogen) atoms. The van der Waals surface area contributed by atoms with Crippen LogP contribution >= 0.6 is 0 Å². The molecular weight excluding hydrogens is 486 g/mol. The monoisotopic (exact) mass is 541 g/mol. The lowest BCUT2D eigenvalue weighted by molar-refractivity contribution is -0.122. The van der Waals surface area contributed by atoms with Gasteiger partial charge in [0.05, 0.1) is 17.9 Å². The first kappa shape index (κ1) is 35.6. The molecule has 0 saturated carbocycles. The number of unbranched alkanes of at least 4 members (excludes halogenated alkanes) is 13. The van der Waals surface area contributed by atoms with Crippen LogP contribution in [-0.4, -0.2) is 41.9 Å². The van der Waals surface area contributed by atoms with Gasteiger partial charge in [0.2, 0.25) is 5.91 Å². The molecule has 0 aromatic carbocycles. The second-order valence-corrected chi connectivity index (χ2v) is 11.5. The maximum absolute atomic E-state index is 12.3. The molecule has 0 saturated heterocycles. The van der Waals surface area contributed by atoms with Crippen molar-refractivity contribution in [3.8, 4) is 0 Å². The molecule has 0 aliphatic heterocycles. The standard InChI is InChI=1S/C30H55NO5S/c1-3-5-7-9-11-12-13-14-15-16-17-18-19-20-22-24-26-30(33)31-28(27-37(34,35)36)29(32)25-23-21-10-8-6-4-2/h12-13,15-16,23,25,28-29,32H,3-11,14,17-22,24,26-27H2,1-2H3,(H,31,33)(H,34,35,36)/b13-12-,16-15-,25-23+. The number of aliphatic hydroxyl groups excluding tert-OH is 1. The van der Waals surface area contributed by atoms with Gasteiger partial charge in [-0.25, -0.2) is 0 Å². The predicted molar refractivity (Wildman–Crippen MR) is 156 cm³/mol. The number of carbonyl (C=O) groups is 1. The van der Waals surface area contributed by atoms with Crippen LogP contribution in [0.25, 0.3) is 0 Å². The molecule has 0 rings (SSSR count). The molecule has 7 heteroatoms. The maximum atomic E-state index is 12.3. The molecule has 216 valence electrons. The average molecular weight is 542 g/mol. The second kappa shape index (κ2) is 24.9. The van der Waals surface area contributed by atoms with Crippen LogP contribution in [0, 0.1) is 0 Å². The highest BCUT2D eigenvalue weighted by Gasteiger charge is 2.24. The summed E-state index contributed by atoms with van der Waals surface area (Å²) in [5.74, 6) is -1.01. The summed E-state index contributed by atoms with van der Waals surface area (Å²) in [7, 11) is -4.33. The van der Waals surface area contributed by atoms with E-state index in [0.717, 1.165) is 70.6 Å². The molecule has 0 radical (unpaired) electrons. The molecule has 2 unspecified atom stereocenters. The van der Waals surface area contributed by atoms with Gasteiger partial charge in [-0.15, -0.1) is 0 Å². The summed E-state index contributed by atoms with van der Waals surface area (Å²) in [6, 6.07) is -1.06. The quantitative estimate of drug-likeness (QED) is 0.0632. The summed E-state index contributed by atoms with van der Waals surface area (Å²) in [5, 5.41) is 12.9. The summed E-state index contributed by atoms with van der Waals surface area (Å²) in [6.07, 6.45) is 30.1. The van der Waals surface area contributed by atoms with Crippen LogP contribution in [0.15, 0.2) is 36.5 Å². The fraction of sp³-hybridized carbons (Fsp3) is 0.767. The molecule has 6 nitrogen and oxygen atoms in total. The summed E-state index contributed by atoms with van der Waals surface area (Å²) >= 11 is 0. The van der Waals surface area contributed by atoms with Crippen molar-refractivity contribution in [3.05, 3.63) is 36.5 Å². The molecule has 0 fully saturated rings. The third-order valence-electron chi connectivity index (χ3n) is 6.31. The predicted octanol–water partition coefficient (Wildman–Crippen LogP) is 7.45. The summed E-state index contributed by atoms with van der Waals surface area (Å²) < 4.78 is 31.9. The highest BCUT2D eigenvalue weighted by atomic mass is 32.2. The maximum Gasteiger partial charge on any atom is 0.267 e. The third-order valence-corrected chi connectivity index (χ3v) is 7.09. The number of allylic oxidation sites excluding steroid dienone is 5. The van der Waals surface area contributed by atoms with Gasteiger partial charge in [-0.3, -0.25) is 9.35 Å². The number of aliphatic hydroxyl groups is 1. The van der Waals surface area contributed by atoms with Crippen molar-refractivity contribution in [3.63, 3.8) is 0 Å². The molecule has 0 heterocycles. The molecule has 0 spiro atoms. The summed E-state index contributed by atoms with van der Waals surface area (Å²) in [6.45, 7) is 4.37. The normalized spacial score (nSPS) is 14.2. The zero-order valence-corrected chi connectivity index (χ0v) is 24.4. The Morgan fingerprint density at radius 1 is 0.730 bits per heavy atom. The third kappa shape index (κ3) is 26.0. The zero-order valence-electron chi connectivity index (χ0n) is 23.6. The molecule has 0 bridgehead atoms. The van der Waals surface area contributed by atoms with Gasteiger partial charge in [-0.2, -0.15) is 8.42 Å². The van der Waals surface area contributed by atoms with E-state index in [1.54, 1.807) is 0 Å². The van der Waals surface area contributed by atoms with E-state index in [-0.39, 0.29) is 12.3 Å². The number of hydrogen-bond donors (Lipinski definition) is 3. The van der Waals surface area contributed by atoms with Crippen LogP contribution < -0.4 is 5.32 Å². The largest absolute Gasteiger partial charge is 0.387 e. The molecule has 0 aromatic heterocycles. The summed E-state index contributed by atoms with van der Waals surface area (Å²) in [4.78, 5) is 12.3. The Hall–Kier alpha value is -1.44. The molecule has 2 atom stereocenters. The lowest BCUT2D eigenvalue weighted by atomic mass is 10.1. The van der Waals surface area contributed by atoms with Crippen molar-refractivity contribution >= 4 is 16.0 Å². The zero-order chi connectivity index (χ0) is 27.6. The fourth-order valence-corrected chi connectivity index (χ4v) is 4.80. The van der Waals surface area contributed by atoms with Crippen molar-refractivity contribution in [2.24, 2.45) is 0 Å². The van der Waals surface area contributed by atoms with Gasteiger partial charge in [0.1, 0.15) is 0 Å². The van der Waals surface area contributed by atoms with Gasteiger partial charge in [0, 0.05) is 6.42 Å². The van der Waals surface area contributed by atoms with Crippen molar-refractivity contribution in [1.82, 2.24) is 5.32 Å². The Bertz CT molecular complexity index is 730. The van der Waals surface area contributed by atoms with E-state index in [1.807, 2.05) is 6.08 Å². The van der Waals surface area contributed by atoms with Crippen LogP contribution in [-0.2, 0) is 14.9 Å². The Kier molecular flexibility index (Phi) is 23.9. The van der Waals surface area contributed by atoms with Gasteiger partial charge in [-0.05, 0) is 51.4 Å². The van der Waals surface area contributed by atoms with Gasteiger partial charge >= 0.3 is 0 Å². The first-order valence-corrected chi connectivity index (χ1v) is 16.3. The first-order valence-electron chi connectivity index (χ1n) is 14.7. The van der Waals surface area contributed by atoms with E-state index in [2.05, 4.69) is 43.5 Å². The summed E-state index contributed by atoms with van der Waals surface area (Å²) in [5.41, 5.74) is 0. The molecule has 3 N–H and O–H groups in total. The van der Waals surface area contributed by atoms with Crippen molar-refractivity contribution in [1.29, 1.82) is 0 Å². The van der Waals surface area contributed by atoms with Crippen molar-refractivity contribution in [2.75, 3.05) is 5.75 Å². The minimum Gasteiger partial charge on any atom is -0.387 e. The molecule has 0 aromatic rings. The Morgan fingerprint density at radius 3 is 1.76 bits per heavy atom. The van der Waals surface area contributed by atoms with E-state index in [0.29, 0.717) is 6.42 Å². The highest BCUT2D eigenvalue weighted by Crippen LogP contribution is 2.10. The minimum atomic E-state index is -4.33. The van der Waals surface area contributed by atoms with Gasteiger partial charge < -0.3 is 10.4 Å². The molecular formula is C30H55NO5S. The lowest BCUT2D eigenvalue weighted by Crippen LogP contribution is -2.46. The van der Waals surface area contributed by atoms with Crippen LogP contribution in [0.3, 0.4) is 0 Å². The minimum absolute atomic E-state index is 0.278. The van der Waals surface area contributed by atoms with Crippen LogP contribution in [0.5, 0.6) is 0 Å². The Labute approximate surface area is 227 Å². The molecule has 1 amide bonds. The smallest absolute Gasteiger partial charge is 0.267 e. The molecule has 0 aliphatic carbocycles. The average Bonchev–Trinajstić information content (AvgIpc) is 2.84. The van der Waals surface area contributed by atoms with Gasteiger partial charge in [0.25, 0.3) is 10.1 Å². The topological polar surface area (TPSA) is 104 Å². The van der Waals surface area contributed by atoms with Crippen LogP contribution in [0.1, 0.15) is 129 Å². The second-order valence-electron chi connectivity index (χ2n) is 10.0. The number of nitrogens with one attached hydrogen (secondary N) is 1. The van der Waals surface area contributed by atoms with Gasteiger partial charge in [-0.1, -0.05) is 108 Å². The van der Waals surface area contributed by atoms with E-state index in [9.17, 15) is 22.9 Å². The van der Waals surface area contributed by atoms with Crippen molar-refractivity contribution < 1.29 is 22.9 Å². The fourth-order valence-electron chi connectivity index (χ4n) is 4.06. The Balaban J connectivity index is 4.03. The number of rotatable bonds is 25. The van der Waals surface area contributed by atoms with E-state index >= 15 is 0 Å².